The highest BCUT2D eigenvalue weighted by Crippen LogP contribution is 2.30. The largest absolute Gasteiger partial charge is 0.465 e. The van der Waals surface area contributed by atoms with E-state index < -0.39 is 11.9 Å². The zero-order valence-corrected chi connectivity index (χ0v) is 19.1. The molecule has 9 heteroatoms. The molecule has 0 fully saturated rings. The molecule has 6 nitrogen and oxygen atoms in total. The number of methoxy groups -OCH3 is 1. The number of amides is 1. The van der Waals surface area contributed by atoms with E-state index in [0.717, 1.165) is 26.4 Å². The molecule has 4 aromatic rings. The summed E-state index contributed by atoms with van der Waals surface area (Å²) in [5.74, 6) is -1.33. The smallest absolute Gasteiger partial charge is 0.337 e. The Bertz CT molecular complexity index is 1320. The lowest BCUT2D eigenvalue weighted by Gasteiger charge is -2.14. The number of thiazole rings is 1. The van der Waals surface area contributed by atoms with Crippen LogP contribution in [-0.2, 0) is 4.74 Å². The molecule has 0 saturated carbocycles. The maximum Gasteiger partial charge on any atom is 0.337 e. The molecule has 1 amide bonds. The molecule has 32 heavy (non-hydrogen) atoms. The SMILES string of the molecule is COC(=O)c1ccc(C(=O)N(/N=C/c2ccc(Br)cc2)c2nc3ccc(F)cc3s2)cc1. The minimum absolute atomic E-state index is 0.293. The molecule has 0 radical (unpaired) electrons. The van der Waals surface area contributed by atoms with Crippen LogP contribution >= 0.6 is 27.3 Å². The molecule has 1 aromatic heterocycles. The van der Waals surface area contributed by atoms with Gasteiger partial charge in [0.05, 0.1) is 29.1 Å². The third-order valence-electron chi connectivity index (χ3n) is 4.46. The summed E-state index contributed by atoms with van der Waals surface area (Å²) in [7, 11) is 1.29. The monoisotopic (exact) mass is 511 g/mol. The zero-order chi connectivity index (χ0) is 22.7. The van der Waals surface area contributed by atoms with Crippen LogP contribution < -0.4 is 5.01 Å². The van der Waals surface area contributed by atoms with E-state index in [2.05, 4.69) is 26.0 Å². The van der Waals surface area contributed by atoms with Gasteiger partial charge in [0.25, 0.3) is 5.91 Å². The lowest BCUT2D eigenvalue weighted by molar-refractivity contribution is 0.0600. The predicted molar refractivity (Wildman–Crippen MR) is 126 cm³/mol. The Morgan fingerprint density at radius 3 is 2.44 bits per heavy atom. The van der Waals surface area contributed by atoms with Gasteiger partial charge < -0.3 is 4.74 Å². The zero-order valence-electron chi connectivity index (χ0n) is 16.7. The van der Waals surface area contributed by atoms with Crippen LogP contribution in [0.15, 0.2) is 76.3 Å². The van der Waals surface area contributed by atoms with Crippen molar-refractivity contribution in [2.24, 2.45) is 5.10 Å². The molecule has 0 spiro atoms. The third kappa shape index (κ3) is 4.74. The summed E-state index contributed by atoms with van der Waals surface area (Å²) < 4.78 is 19.8. The predicted octanol–water partition coefficient (Wildman–Crippen LogP) is 5.67. The van der Waals surface area contributed by atoms with Gasteiger partial charge in [0.1, 0.15) is 5.82 Å². The van der Waals surface area contributed by atoms with E-state index in [1.165, 1.54) is 43.5 Å². The Morgan fingerprint density at radius 1 is 1.06 bits per heavy atom. The second-order valence-corrected chi connectivity index (χ2v) is 8.52. The average Bonchev–Trinajstić information content (AvgIpc) is 3.22. The highest BCUT2D eigenvalue weighted by molar-refractivity contribution is 9.10. The summed E-state index contributed by atoms with van der Waals surface area (Å²) in [4.78, 5) is 29.4. The van der Waals surface area contributed by atoms with E-state index in [9.17, 15) is 14.0 Å². The molecule has 0 unspecified atom stereocenters. The maximum atomic E-state index is 13.6. The van der Waals surface area contributed by atoms with Gasteiger partial charge in [0, 0.05) is 10.0 Å². The fourth-order valence-electron chi connectivity index (χ4n) is 2.83. The van der Waals surface area contributed by atoms with E-state index in [0.29, 0.717) is 26.5 Å². The molecule has 3 aromatic carbocycles. The molecule has 160 valence electrons. The summed E-state index contributed by atoms with van der Waals surface area (Å²) >= 11 is 4.53. The van der Waals surface area contributed by atoms with Crippen molar-refractivity contribution >= 4 is 60.7 Å². The van der Waals surface area contributed by atoms with Gasteiger partial charge in [-0.1, -0.05) is 39.4 Å². The van der Waals surface area contributed by atoms with Crippen LogP contribution in [0.1, 0.15) is 26.3 Å². The summed E-state index contributed by atoms with van der Waals surface area (Å²) in [6.07, 6.45) is 1.54. The van der Waals surface area contributed by atoms with Gasteiger partial charge >= 0.3 is 5.97 Å². The molecule has 0 aliphatic rings. The number of anilines is 1. The first kappa shape index (κ1) is 21.8. The normalized spacial score (nSPS) is 11.1. The molecular formula is C23H15BrFN3O3S. The van der Waals surface area contributed by atoms with Crippen molar-refractivity contribution in [2.45, 2.75) is 0 Å². The second-order valence-electron chi connectivity index (χ2n) is 6.59. The van der Waals surface area contributed by atoms with E-state index in [1.807, 2.05) is 24.3 Å². The molecule has 0 N–H and O–H groups in total. The summed E-state index contributed by atoms with van der Waals surface area (Å²) in [6.45, 7) is 0. The minimum Gasteiger partial charge on any atom is -0.465 e. The molecule has 4 rings (SSSR count). The van der Waals surface area contributed by atoms with Crippen molar-refractivity contribution in [2.75, 3.05) is 12.1 Å². The molecular weight excluding hydrogens is 497 g/mol. The van der Waals surface area contributed by atoms with Crippen LogP contribution in [-0.4, -0.2) is 30.2 Å². The Kier molecular flexibility index (Phi) is 6.38. The van der Waals surface area contributed by atoms with Gasteiger partial charge in [-0.3, -0.25) is 4.79 Å². The van der Waals surface area contributed by atoms with Crippen molar-refractivity contribution < 1.29 is 18.7 Å². The van der Waals surface area contributed by atoms with E-state index in [-0.39, 0.29) is 5.82 Å². The van der Waals surface area contributed by atoms with Crippen LogP contribution in [0.3, 0.4) is 0 Å². The van der Waals surface area contributed by atoms with Crippen molar-refractivity contribution in [1.29, 1.82) is 0 Å². The first-order valence-corrected chi connectivity index (χ1v) is 10.9. The van der Waals surface area contributed by atoms with Crippen molar-refractivity contribution in [3.8, 4) is 0 Å². The van der Waals surface area contributed by atoms with Crippen molar-refractivity contribution in [3.05, 3.63) is 93.7 Å². The number of aromatic nitrogens is 1. The average molecular weight is 512 g/mol. The Hall–Kier alpha value is -3.43. The lowest BCUT2D eigenvalue weighted by Crippen LogP contribution is -2.25. The number of hydrogen-bond donors (Lipinski definition) is 0. The van der Waals surface area contributed by atoms with E-state index >= 15 is 0 Å². The number of carbonyl (C=O) groups excluding carboxylic acids is 2. The number of ether oxygens (including phenoxy) is 1. The first-order chi connectivity index (χ1) is 15.4. The summed E-state index contributed by atoms with van der Waals surface area (Å²) in [5, 5.41) is 5.82. The summed E-state index contributed by atoms with van der Waals surface area (Å²) in [6, 6.07) is 17.7. The summed E-state index contributed by atoms with van der Waals surface area (Å²) in [5.41, 5.74) is 1.96. The molecule has 0 saturated heterocycles. The highest BCUT2D eigenvalue weighted by atomic mass is 79.9. The number of hydrogen-bond acceptors (Lipinski definition) is 6. The minimum atomic E-state index is -0.498. The van der Waals surface area contributed by atoms with E-state index in [4.69, 9.17) is 4.74 Å². The number of esters is 1. The van der Waals surface area contributed by atoms with Crippen LogP contribution in [0.25, 0.3) is 10.2 Å². The molecule has 0 aliphatic carbocycles. The van der Waals surface area contributed by atoms with Gasteiger partial charge in [-0.25, -0.2) is 14.2 Å². The number of nitrogens with zero attached hydrogens (tertiary/aromatic N) is 3. The van der Waals surface area contributed by atoms with Gasteiger partial charge in [0.15, 0.2) is 0 Å². The molecule has 0 aliphatic heterocycles. The van der Waals surface area contributed by atoms with Gasteiger partial charge in [-0.15, -0.1) is 0 Å². The topological polar surface area (TPSA) is 71.9 Å². The Morgan fingerprint density at radius 2 is 1.75 bits per heavy atom. The Labute approximate surface area is 195 Å². The van der Waals surface area contributed by atoms with E-state index in [1.54, 1.807) is 12.3 Å². The van der Waals surface area contributed by atoms with Crippen LogP contribution in [0.2, 0.25) is 0 Å². The first-order valence-electron chi connectivity index (χ1n) is 9.33. The number of carbonyl (C=O) groups is 2. The van der Waals surface area contributed by atoms with Crippen molar-refractivity contribution in [3.63, 3.8) is 0 Å². The van der Waals surface area contributed by atoms with Gasteiger partial charge in [-0.2, -0.15) is 10.1 Å². The van der Waals surface area contributed by atoms with Gasteiger partial charge in [-0.05, 0) is 60.2 Å². The molecule has 0 atom stereocenters. The quantitative estimate of drug-likeness (QED) is 0.196. The lowest BCUT2D eigenvalue weighted by atomic mass is 10.1. The maximum absolute atomic E-state index is 13.6. The fraction of sp³-hybridized carbons (Fsp3) is 0.0435. The molecule has 0 bridgehead atoms. The van der Waals surface area contributed by atoms with Crippen LogP contribution in [0.4, 0.5) is 9.52 Å². The Balaban J connectivity index is 1.72. The number of rotatable bonds is 5. The number of benzene rings is 3. The van der Waals surface area contributed by atoms with Crippen LogP contribution in [0, 0.1) is 5.82 Å². The number of hydrazone groups is 1. The van der Waals surface area contributed by atoms with Gasteiger partial charge in [0.2, 0.25) is 5.13 Å². The number of halogens is 2. The standard InChI is InChI=1S/C23H15BrFN3O3S/c1-31-22(30)16-6-4-15(5-7-16)21(29)28(26-13-14-2-8-17(24)9-3-14)23-27-19-11-10-18(25)12-20(19)32-23/h2-13H,1H3/b26-13+. The van der Waals surface area contributed by atoms with Crippen molar-refractivity contribution in [1.82, 2.24) is 4.98 Å². The number of fused-ring (bicyclic) bond motifs is 1. The highest BCUT2D eigenvalue weighted by Gasteiger charge is 2.21. The second kappa shape index (κ2) is 9.37. The fourth-order valence-corrected chi connectivity index (χ4v) is 4.04. The third-order valence-corrected chi connectivity index (χ3v) is 5.98. The van der Waals surface area contributed by atoms with Crippen LogP contribution in [0.5, 0.6) is 0 Å². The molecule has 1 heterocycles.